The molecule has 0 nitrogen and oxygen atoms in total. The summed E-state index contributed by atoms with van der Waals surface area (Å²) in [5.74, 6) is 1.58. The van der Waals surface area contributed by atoms with E-state index in [1.54, 1.807) is 12.3 Å². The second kappa shape index (κ2) is 9.62. The summed E-state index contributed by atoms with van der Waals surface area (Å²) in [5.41, 5.74) is 0. The Morgan fingerprint density at radius 3 is 1.75 bits per heavy atom. The average molecular weight is 496 g/mol. The zero-order chi connectivity index (χ0) is 15.1. The van der Waals surface area contributed by atoms with E-state index in [2.05, 4.69) is 49.6 Å². The number of fused-ring (bicyclic) bond motifs is 2. The molecule has 2 aliphatic carbocycles. The van der Waals surface area contributed by atoms with E-state index in [-0.39, 0.29) is 24.8 Å². The van der Waals surface area contributed by atoms with Crippen LogP contribution in [0.5, 0.6) is 0 Å². The van der Waals surface area contributed by atoms with Crippen LogP contribution in [0, 0.1) is 11.8 Å². The monoisotopic (exact) mass is 493 g/mol. The van der Waals surface area contributed by atoms with Crippen LogP contribution in [0.15, 0.2) is 47.1 Å². The summed E-state index contributed by atoms with van der Waals surface area (Å²) in [5, 5.41) is 3.72. The van der Waals surface area contributed by atoms with Crippen molar-refractivity contribution < 1.29 is 45.7 Å². The molecule has 6 atom stereocenters. The Bertz CT molecular complexity index is 527. The summed E-state index contributed by atoms with van der Waals surface area (Å²) in [7, 11) is 2.35. The molecule has 0 aromatic carbocycles. The van der Waals surface area contributed by atoms with Crippen LogP contribution >= 0.6 is 17.2 Å². The largest absolute Gasteiger partial charge is 1.00 e. The molecular weight excluding hydrogens is 468 g/mol. The smallest absolute Gasteiger partial charge is 1.00 e. The Morgan fingerprint density at radius 2 is 1.33 bits per heavy atom. The minimum atomic E-state index is -1.29. The SMILES string of the molecule is C[SiH](C)[Zr+2]([CH]1CPC2=CC=CCC21)[CH]1CPC2=CC=CCC21.[Cl-].[Cl-]. The third-order valence-electron chi connectivity index (χ3n) is 5.95. The van der Waals surface area contributed by atoms with Crippen molar-refractivity contribution in [2.24, 2.45) is 11.8 Å². The summed E-state index contributed by atoms with van der Waals surface area (Å²) >= 11 is -1.29. The van der Waals surface area contributed by atoms with E-state index in [0.717, 1.165) is 11.8 Å². The van der Waals surface area contributed by atoms with Gasteiger partial charge in [-0.3, -0.25) is 0 Å². The standard InChI is InChI=1S/2C8H10P.C2H7Si.2ClH.Zr/c2*1-2-4-8-7(3-1)5-6-9-8;1-3-2;;;/h2*1-2,4-5,7,9H,3,6H2;3H,1-2H3;2*1H;/q;;;;;+2/p-2. The van der Waals surface area contributed by atoms with Crippen LogP contribution in [0.2, 0.25) is 20.3 Å². The van der Waals surface area contributed by atoms with Crippen molar-refractivity contribution in [3.8, 4) is 0 Å². The molecule has 0 N–H and O–H groups in total. The number of halogens is 2. The molecule has 0 amide bonds. The molecule has 131 valence electrons. The molecule has 0 aromatic heterocycles. The van der Waals surface area contributed by atoms with Crippen LogP contribution in [0.25, 0.3) is 0 Å². The van der Waals surface area contributed by atoms with Gasteiger partial charge in [-0.05, 0) is 0 Å². The summed E-state index contributed by atoms with van der Waals surface area (Å²) < 4.78 is 2.42. The van der Waals surface area contributed by atoms with Gasteiger partial charge in [-0.25, -0.2) is 0 Å². The summed E-state index contributed by atoms with van der Waals surface area (Å²) in [6.07, 6.45) is 20.5. The first-order valence-corrected chi connectivity index (χ1v) is 21.2. The van der Waals surface area contributed by atoms with E-state index in [0.29, 0.717) is 0 Å². The first-order chi connectivity index (χ1) is 10.8. The van der Waals surface area contributed by atoms with Crippen molar-refractivity contribution in [3.05, 3.63) is 47.1 Å². The minimum Gasteiger partial charge on any atom is -1.00 e. The van der Waals surface area contributed by atoms with Gasteiger partial charge in [0.25, 0.3) is 0 Å². The van der Waals surface area contributed by atoms with Gasteiger partial charge in [0.05, 0.1) is 0 Å². The van der Waals surface area contributed by atoms with Gasteiger partial charge in [0, 0.05) is 0 Å². The zero-order valence-electron chi connectivity index (χ0n) is 14.4. The third-order valence-corrected chi connectivity index (χ3v) is 34.6. The molecule has 2 saturated heterocycles. The molecule has 24 heavy (non-hydrogen) atoms. The average Bonchev–Trinajstić information content (AvgIpc) is 3.13. The molecular formula is C18H27Cl2P2SiZr. The normalized spacial score (nSPS) is 35.1. The van der Waals surface area contributed by atoms with Gasteiger partial charge in [-0.1, -0.05) is 0 Å². The molecule has 0 bridgehead atoms. The van der Waals surface area contributed by atoms with Gasteiger partial charge in [0.15, 0.2) is 0 Å². The van der Waals surface area contributed by atoms with Crippen molar-refractivity contribution in [2.75, 3.05) is 12.3 Å². The fourth-order valence-corrected chi connectivity index (χ4v) is 40.8. The summed E-state index contributed by atoms with van der Waals surface area (Å²) in [6, 6.07) is 0. The van der Waals surface area contributed by atoms with Crippen LogP contribution in [0.4, 0.5) is 0 Å². The van der Waals surface area contributed by atoms with Crippen molar-refractivity contribution in [3.63, 3.8) is 0 Å². The van der Waals surface area contributed by atoms with Crippen molar-refractivity contribution >= 4 is 23.1 Å². The third kappa shape index (κ3) is 4.16. The van der Waals surface area contributed by atoms with Gasteiger partial charge >= 0.3 is 148 Å². The first kappa shape index (κ1) is 21.8. The minimum absolute atomic E-state index is 0. The number of allylic oxidation sites excluding steroid dienone is 8. The molecule has 2 aliphatic heterocycles. The predicted octanol–water partition coefficient (Wildman–Crippen LogP) is -0.523. The van der Waals surface area contributed by atoms with E-state index in [4.69, 9.17) is 0 Å². The maximum Gasteiger partial charge on any atom is -1.00 e. The Balaban J connectivity index is 0.00000104. The van der Waals surface area contributed by atoms with Crippen LogP contribution in [-0.4, -0.2) is 18.2 Å². The van der Waals surface area contributed by atoms with Gasteiger partial charge in [0.2, 0.25) is 0 Å². The number of hydrogen-bond donors (Lipinski definition) is 0. The van der Waals surface area contributed by atoms with Crippen molar-refractivity contribution in [2.45, 2.75) is 33.2 Å². The molecule has 6 unspecified atom stereocenters. The van der Waals surface area contributed by atoms with Crippen LogP contribution in [-0.2, 0) is 20.9 Å². The summed E-state index contributed by atoms with van der Waals surface area (Å²) in [4.78, 5) is 0. The van der Waals surface area contributed by atoms with Crippen LogP contribution < -0.4 is 24.8 Å². The first-order valence-electron chi connectivity index (χ1n) is 8.83. The maximum atomic E-state index is 2.72. The Morgan fingerprint density at radius 1 is 0.875 bits per heavy atom. The summed E-state index contributed by atoms with van der Waals surface area (Å²) in [6.45, 7) is 5.45. The molecule has 2 heterocycles. The van der Waals surface area contributed by atoms with Gasteiger partial charge < -0.3 is 24.8 Å². The van der Waals surface area contributed by atoms with E-state index in [9.17, 15) is 0 Å². The zero-order valence-corrected chi connectivity index (χ0v) is 21.6. The van der Waals surface area contributed by atoms with E-state index < -0.39 is 26.8 Å². The van der Waals surface area contributed by atoms with Gasteiger partial charge in [-0.2, -0.15) is 0 Å². The number of hydrogen-bond acceptors (Lipinski definition) is 0. The molecule has 0 spiro atoms. The van der Waals surface area contributed by atoms with E-state index in [1.807, 2.05) is 10.6 Å². The quantitative estimate of drug-likeness (QED) is 0.365. The maximum absolute atomic E-state index is 2.72. The molecule has 0 saturated carbocycles. The van der Waals surface area contributed by atoms with Crippen molar-refractivity contribution in [1.29, 1.82) is 0 Å². The molecule has 4 rings (SSSR count). The molecule has 4 aliphatic rings. The topological polar surface area (TPSA) is 0 Å². The van der Waals surface area contributed by atoms with Crippen LogP contribution in [0.3, 0.4) is 0 Å². The molecule has 6 heteroatoms. The number of rotatable bonds is 3. The van der Waals surface area contributed by atoms with Gasteiger partial charge in [-0.15, -0.1) is 0 Å². The van der Waals surface area contributed by atoms with Crippen molar-refractivity contribution in [1.82, 2.24) is 0 Å². The molecule has 2 fully saturated rings. The molecule has 0 aromatic rings. The second-order valence-corrected chi connectivity index (χ2v) is 31.0. The van der Waals surface area contributed by atoms with E-state index in [1.165, 1.54) is 37.3 Å². The molecule has 0 radical (unpaired) electrons. The van der Waals surface area contributed by atoms with Crippen LogP contribution in [0.1, 0.15) is 12.8 Å². The Hall–Kier alpha value is 1.50. The Labute approximate surface area is 172 Å². The fourth-order valence-electron chi connectivity index (χ4n) is 5.01. The second-order valence-electron chi connectivity index (χ2n) is 7.41. The van der Waals surface area contributed by atoms with E-state index >= 15 is 0 Å². The Kier molecular flexibility index (Phi) is 8.74. The van der Waals surface area contributed by atoms with Gasteiger partial charge in [0.1, 0.15) is 0 Å². The fraction of sp³-hybridized carbons (Fsp3) is 0.556. The predicted molar refractivity (Wildman–Crippen MR) is 103 cm³/mol.